The number of hydrogen-bond donors (Lipinski definition) is 0. The molecule has 0 amide bonds. The molecule has 0 saturated carbocycles. The van der Waals surface area contributed by atoms with Crippen LogP contribution in [0, 0.1) is 5.41 Å². The largest absolute Gasteiger partial charge is 0.415 e. The average Bonchev–Trinajstić information content (AvgIpc) is 3.30. The molecule has 1 saturated heterocycles. The lowest BCUT2D eigenvalue weighted by Gasteiger charge is -2.55. The normalized spacial score (nSPS) is 24.2. The van der Waals surface area contributed by atoms with Crippen LogP contribution in [0.2, 0.25) is 0 Å². The second-order valence-corrected chi connectivity index (χ2v) is 11.4. The average molecular weight is 550 g/mol. The highest BCUT2D eigenvalue weighted by atomic mass is 19.4. The highest BCUT2D eigenvalue weighted by molar-refractivity contribution is 5.84. The van der Waals surface area contributed by atoms with E-state index in [0.717, 1.165) is 38.6 Å². The zero-order valence-corrected chi connectivity index (χ0v) is 22.5. The van der Waals surface area contributed by atoms with Gasteiger partial charge in [-0.1, -0.05) is 121 Å². The molecular weight excluding hydrogens is 519 g/mol. The van der Waals surface area contributed by atoms with Gasteiger partial charge in [0, 0.05) is 18.0 Å². The number of ether oxygens (including phenoxy) is 1. The third-order valence-electron chi connectivity index (χ3n) is 8.75. The van der Waals surface area contributed by atoms with E-state index in [1.165, 1.54) is 0 Å². The number of hydrogen-bond acceptors (Lipinski definition) is 2. The maximum absolute atomic E-state index is 15.3. The van der Waals surface area contributed by atoms with E-state index in [1.807, 2.05) is 115 Å². The lowest BCUT2D eigenvalue weighted by Crippen LogP contribution is -2.60. The first-order valence-electron chi connectivity index (χ1n) is 14.0. The molecule has 1 aliphatic heterocycles. The molecule has 5 heteroatoms. The molecule has 5 aromatic rings. The van der Waals surface area contributed by atoms with Crippen LogP contribution in [0.4, 0.5) is 13.2 Å². The second kappa shape index (κ2) is 10.2. The van der Waals surface area contributed by atoms with Crippen molar-refractivity contribution in [1.82, 2.24) is 4.90 Å². The van der Waals surface area contributed by atoms with Gasteiger partial charge in [-0.15, -0.1) is 0 Å². The molecule has 0 aromatic heterocycles. The maximum Gasteiger partial charge on any atom is 0.415 e. The summed E-state index contributed by atoms with van der Waals surface area (Å²) in [6, 6.07) is 40.7. The Morgan fingerprint density at radius 3 is 1.90 bits per heavy atom. The molecule has 5 aromatic carbocycles. The Hall–Kier alpha value is -3.93. The summed E-state index contributed by atoms with van der Waals surface area (Å²) in [6.45, 7) is 0.457. The Morgan fingerprint density at radius 2 is 1.27 bits per heavy atom. The molecule has 2 aliphatic rings. The van der Waals surface area contributed by atoms with Gasteiger partial charge in [0.05, 0.1) is 0 Å². The molecule has 7 rings (SSSR count). The molecule has 1 aliphatic carbocycles. The first kappa shape index (κ1) is 26.0. The van der Waals surface area contributed by atoms with Crippen LogP contribution in [-0.4, -0.2) is 17.2 Å². The van der Waals surface area contributed by atoms with E-state index in [4.69, 9.17) is 4.74 Å². The van der Waals surface area contributed by atoms with Gasteiger partial charge in [0.15, 0.2) is 6.10 Å². The van der Waals surface area contributed by atoms with Gasteiger partial charge >= 0.3 is 6.18 Å². The molecule has 0 N–H and O–H groups in total. The summed E-state index contributed by atoms with van der Waals surface area (Å²) in [4.78, 5) is 2.18. The van der Waals surface area contributed by atoms with E-state index in [9.17, 15) is 0 Å². The standard InChI is InChI=1S/C36H30F3NO/c37-36(38,39)34-35(22-25-12-4-1-5-13-25)23-30-20-28-18-10-11-19-29(28)21-31(30)32(35)40(24-26-14-6-2-7-15-26)33(41-34)27-16-8-3-9-17-27/h1-21,32-34H,22-24H2/t32-,33+,34+,35+/m1/s1. The summed E-state index contributed by atoms with van der Waals surface area (Å²) < 4.78 is 52.3. The molecule has 1 fully saturated rings. The van der Waals surface area contributed by atoms with Crippen molar-refractivity contribution in [2.45, 2.75) is 43.9 Å². The van der Waals surface area contributed by atoms with Crippen LogP contribution in [0.15, 0.2) is 127 Å². The minimum atomic E-state index is -4.56. The molecule has 0 radical (unpaired) electrons. The highest BCUT2D eigenvalue weighted by Crippen LogP contribution is 2.62. The van der Waals surface area contributed by atoms with E-state index < -0.39 is 30.0 Å². The number of alkyl halides is 3. The number of nitrogens with zero attached hydrogens (tertiary/aromatic N) is 1. The Balaban J connectivity index is 1.49. The smallest absolute Gasteiger partial charge is 0.345 e. The fourth-order valence-corrected chi connectivity index (χ4v) is 7.18. The van der Waals surface area contributed by atoms with Crippen LogP contribution in [-0.2, 0) is 24.1 Å². The topological polar surface area (TPSA) is 12.5 Å². The van der Waals surface area contributed by atoms with Crippen molar-refractivity contribution >= 4 is 10.8 Å². The van der Waals surface area contributed by atoms with E-state index in [-0.39, 0.29) is 12.8 Å². The van der Waals surface area contributed by atoms with Crippen LogP contribution in [0.25, 0.3) is 10.8 Å². The fourth-order valence-electron chi connectivity index (χ4n) is 7.18. The lowest BCUT2D eigenvalue weighted by atomic mass is 9.68. The van der Waals surface area contributed by atoms with Crippen molar-refractivity contribution in [2.24, 2.45) is 5.41 Å². The summed E-state index contributed by atoms with van der Waals surface area (Å²) in [5, 5.41) is 2.08. The van der Waals surface area contributed by atoms with E-state index in [0.29, 0.717) is 6.54 Å². The first-order valence-corrected chi connectivity index (χ1v) is 14.0. The third kappa shape index (κ3) is 4.63. The minimum absolute atomic E-state index is 0.251. The second-order valence-electron chi connectivity index (χ2n) is 11.4. The van der Waals surface area contributed by atoms with Gasteiger partial charge in [-0.05, 0) is 57.5 Å². The van der Waals surface area contributed by atoms with Crippen LogP contribution >= 0.6 is 0 Å². The zero-order chi connectivity index (χ0) is 28.0. The Labute approximate surface area is 238 Å². The predicted molar refractivity (Wildman–Crippen MR) is 155 cm³/mol. The van der Waals surface area contributed by atoms with Crippen LogP contribution < -0.4 is 0 Å². The van der Waals surface area contributed by atoms with Gasteiger partial charge in [-0.25, -0.2) is 0 Å². The molecule has 0 bridgehead atoms. The van der Waals surface area contributed by atoms with Gasteiger partial charge in [-0.3, -0.25) is 4.90 Å². The van der Waals surface area contributed by atoms with Gasteiger partial charge < -0.3 is 4.74 Å². The van der Waals surface area contributed by atoms with Gasteiger partial charge in [0.2, 0.25) is 0 Å². The van der Waals surface area contributed by atoms with Gasteiger partial charge in [-0.2, -0.15) is 13.2 Å². The van der Waals surface area contributed by atoms with Crippen LogP contribution in [0.5, 0.6) is 0 Å². The van der Waals surface area contributed by atoms with Crippen molar-refractivity contribution in [2.75, 3.05) is 0 Å². The SMILES string of the molecule is FC(F)(F)[C@H]1O[C@@H](c2ccccc2)N(Cc2ccccc2)[C@@H]2c3cc4ccccc4cc3C[C@]12Cc1ccccc1. The quantitative estimate of drug-likeness (QED) is 0.217. The zero-order valence-electron chi connectivity index (χ0n) is 22.5. The predicted octanol–water partition coefficient (Wildman–Crippen LogP) is 8.83. The number of fused-ring (bicyclic) bond motifs is 4. The molecular formula is C36H30F3NO. The molecule has 41 heavy (non-hydrogen) atoms. The van der Waals surface area contributed by atoms with Crippen molar-refractivity contribution in [1.29, 1.82) is 0 Å². The van der Waals surface area contributed by atoms with Crippen molar-refractivity contribution in [3.05, 3.63) is 155 Å². The first-order chi connectivity index (χ1) is 19.9. The molecule has 0 spiro atoms. The number of halogens is 3. The van der Waals surface area contributed by atoms with E-state index in [1.54, 1.807) is 0 Å². The van der Waals surface area contributed by atoms with Crippen molar-refractivity contribution in [3.63, 3.8) is 0 Å². The maximum atomic E-state index is 15.3. The number of rotatable bonds is 5. The summed E-state index contributed by atoms with van der Waals surface area (Å²) in [5.41, 5.74) is 3.32. The van der Waals surface area contributed by atoms with Crippen molar-refractivity contribution < 1.29 is 17.9 Å². The van der Waals surface area contributed by atoms with Gasteiger partial charge in [0.1, 0.15) is 6.23 Å². The lowest BCUT2D eigenvalue weighted by molar-refractivity contribution is -0.330. The molecule has 0 unspecified atom stereocenters. The Morgan fingerprint density at radius 1 is 0.707 bits per heavy atom. The summed E-state index contributed by atoms with van der Waals surface area (Å²) in [6.07, 6.45) is -6.84. The highest BCUT2D eigenvalue weighted by Gasteiger charge is 2.66. The minimum Gasteiger partial charge on any atom is -0.345 e. The van der Waals surface area contributed by atoms with Crippen LogP contribution in [0.3, 0.4) is 0 Å². The monoisotopic (exact) mass is 549 g/mol. The third-order valence-corrected chi connectivity index (χ3v) is 8.75. The summed E-state index contributed by atoms with van der Waals surface area (Å²) in [5.74, 6) is 0. The van der Waals surface area contributed by atoms with E-state index in [2.05, 4.69) is 17.0 Å². The molecule has 4 atom stereocenters. The molecule has 2 nitrogen and oxygen atoms in total. The Bertz CT molecular complexity index is 1660. The summed E-state index contributed by atoms with van der Waals surface area (Å²) >= 11 is 0. The van der Waals surface area contributed by atoms with Crippen molar-refractivity contribution in [3.8, 4) is 0 Å². The molecule has 1 heterocycles. The van der Waals surface area contributed by atoms with E-state index >= 15 is 13.2 Å². The Kier molecular flexibility index (Phi) is 6.44. The molecule has 206 valence electrons. The fraction of sp³-hybridized carbons (Fsp3) is 0.222. The summed E-state index contributed by atoms with van der Waals surface area (Å²) in [7, 11) is 0. The van der Waals surface area contributed by atoms with Crippen LogP contribution in [0.1, 0.15) is 40.1 Å². The number of benzene rings is 5. The van der Waals surface area contributed by atoms with Gasteiger partial charge in [0.25, 0.3) is 0 Å².